The molecule has 1 N–H and O–H groups in total. The Morgan fingerprint density at radius 3 is 2.84 bits per heavy atom. The first-order chi connectivity index (χ1) is 9.18. The number of hydrogen-bond acceptors (Lipinski definition) is 5. The summed E-state index contributed by atoms with van der Waals surface area (Å²) in [5.41, 5.74) is 0.254. The highest BCUT2D eigenvalue weighted by Crippen LogP contribution is 2.27. The first kappa shape index (κ1) is 13.8. The van der Waals surface area contributed by atoms with Gasteiger partial charge in [-0.15, -0.1) is 0 Å². The highest BCUT2D eigenvalue weighted by Gasteiger charge is 2.14. The number of rotatable bonds is 5. The fraction of sp³-hybridized carbons (Fsp3) is 0.500. The van der Waals surface area contributed by atoms with E-state index in [2.05, 4.69) is 4.90 Å². The first-order valence-corrected chi connectivity index (χ1v) is 6.44. The van der Waals surface area contributed by atoms with Gasteiger partial charge in [-0.2, -0.15) is 0 Å². The summed E-state index contributed by atoms with van der Waals surface area (Å²) < 4.78 is 10.9. The molecule has 1 aromatic rings. The van der Waals surface area contributed by atoms with E-state index in [0.717, 1.165) is 32.8 Å². The largest absolute Gasteiger partial charge is 0.507 e. The molecule has 0 atom stereocenters. The third-order valence-corrected chi connectivity index (χ3v) is 3.13. The topological polar surface area (TPSA) is 59.0 Å². The van der Waals surface area contributed by atoms with Gasteiger partial charge < -0.3 is 14.6 Å². The fourth-order valence-corrected chi connectivity index (χ4v) is 2.10. The molecule has 0 aromatic heterocycles. The Morgan fingerprint density at radius 2 is 2.16 bits per heavy atom. The van der Waals surface area contributed by atoms with E-state index in [1.165, 1.54) is 13.0 Å². The summed E-state index contributed by atoms with van der Waals surface area (Å²) >= 11 is 0. The zero-order chi connectivity index (χ0) is 13.7. The normalized spacial score (nSPS) is 16.3. The first-order valence-electron chi connectivity index (χ1n) is 6.44. The van der Waals surface area contributed by atoms with Gasteiger partial charge in [-0.3, -0.25) is 9.69 Å². The molecule has 1 aliphatic heterocycles. The quantitative estimate of drug-likeness (QED) is 0.813. The number of morpholine rings is 1. The van der Waals surface area contributed by atoms with E-state index < -0.39 is 0 Å². The van der Waals surface area contributed by atoms with Crippen LogP contribution in [0.2, 0.25) is 0 Å². The lowest BCUT2D eigenvalue weighted by Crippen LogP contribution is -2.38. The Balaban J connectivity index is 1.92. The molecule has 0 radical (unpaired) electrons. The Morgan fingerprint density at radius 1 is 1.42 bits per heavy atom. The number of ketones is 1. The number of carbonyl (C=O) groups excluding carboxylic acids is 1. The van der Waals surface area contributed by atoms with E-state index >= 15 is 0 Å². The number of phenols is 1. The van der Waals surface area contributed by atoms with Crippen LogP contribution in [0.25, 0.3) is 0 Å². The molecular weight excluding hydrogens is 246 g/mol. The summed E-state index contributed by atoms with van der Waals surface area (Å²) in [6.07, 6.45) is 0. The minimum Gasteiger partial charge on any atom is -0.507 e. The molecule has 0 saturated carbocycles. The molecule has 104 valence electrons. The van der Waals surface area contributed by atoms with Crippen molar-refractivity contribution in [3.63, 3.8) is 0 Å². The predicted octanol–water partition coefficient (Wildman–Crippen LogP) is 1.31. The van der Waals surface area contributed by atoms with Crippen LogP contribution in [-0.2, 0) is 4.74 Å². The molecule has 1 aromatic carbocycles. The Bertz CT molecular complexity index is 441. The molecule has 5 nitrogen and oxygen atoms in total. The van der Waals surface area contributed by atoms with Crippen LogP contribution in [-0.4, -0.2) is 55.2 Å². The lowest BCUT2D eigenvalue weighted by molar-refractivity contribution is 0.0322. The molecule has 2 rings (SSSR count). The second-order valence-corrected chi connectivity index (χ2v) is 4.51. The van der Waals surface area contributed by atoms with Crippen LogP contribution >= 0.6 is 0 Å². The highest BCUT2D eigenvalue weighted by atomic mass is 16.5. The van der Waals surface area contributed by atoms with Crippen molar-refractivity contribution in [3.05, 3.63) is 23.8 Å². The fourth-order valence-electron chi connectivity index (χ4n) is 2.10. The van der Waals surface area contributed by atoms with E-state index in [0.29, 0.717) is 12.4 Å². The summed E-state index contributed by atoms with van der Waals surface area (Å²) in [6.45, 7) is 6.02. The average molecular weight is 265 g/mol. The van der Waals surface area contributed by atoms with E-state index in [-0.39, 0.29) is 17.1 Å². The van der Waals surface area contributed by atoms with Gasteiger partial charge in [-0.25, -0.2) is 0 Å². The van der Waals surface area contributed by atoms with Gasteiger partial charge in [-0.05, 0) is 19.1 Å². The van der Waals surface area contributed by atoms with Crippen molar-refractivity contribution in [1.29, 1.82) is 0 Å². The maximum atomic E-state index is 11.5. The summed E-state index contributed by atoms with van der Waals surface area (Å²) in [5.74, 6) is 0.219. The van der Waals surface area contributed by atoms with Gasteiger partial charge in [0.2, 0.25) is 0 Å². The number of carbonyl (C=O) groups is 1. The molecule has 0 bridgehead atoms. The van der Waals surface area contributed by atoms with Gasteiger partial charge in [0, 0.05) is 19.6 Å². The number of nitrogens with zero attached hydrogens (tertiary/aromatic N) is 1. The van der Waals surface area contributed by atoms with Crippen molar-refractivity contribution in [2.75, 3.05) is 39.5 Å². The van der Waals surface area contributed by atoms with E-state index in [4.69, 9.17) is 9.47 Å². The minimum absolute atomic E-state index is 0.0311. The molecule has 1 aliphatic rings. The van der Waals surface area contributed by atoms with Crippen molar-refractivity contribution in [1.82, 2.24) is 4.90 Å². The molecular formula is C14H19NO4. The third-order valence-electron chi connectivity index (χ3n) is 3.13. The van der Waals surface area contributed by atoms with E-state index in [9.17, 15) is 9.90 Å². The van der Waals surface area contributed by atoms with Gasteiger partial charge in [0.25, 0.3) is 0 Å². The molecule has 5 heteroatoms. The summed E-state index contributed by atoms with van der Waals surface area (Å²) in [6, 6.07) is 4.87. The molecule has 1 heterocycles. The zero-order valence-corrected chi connectivity index (χ0v) is 11.1. The molecule has 0 aliphatic carbocycles. The van der Waals surface area contributed by atoms with Gasteiger partial charge >= 0.3 is 0 Å². The molecule has 19 heavy (non-hydrogen) atoms. The summed E-state index contributed by atoms with van der Waals surface area (Å²) in [4.78, 5) is 13.7. The van der Waals surface area contributed by atoms with Gasteiger partial charge in [-0.1, -0.05) is 6.07 Å². The van der Waals surface area contributed by atoms with E-state index in [1.807, 2.05) is 0 Å². The maximum Gasteiger partial charge on any atom is 0.167 e. The van der Waals surface area contributed by atoms with Gasteiger partial charge in [0.15, 0.2) is 5.78 Å². The van der Waals surface area contributed by atoms with Gasteiger partial charge in [0.1, 0.15) is 23.7 Å². The Labute approximate surface area is 112 Å². The standard InChI is InChI=1S/C14H19NO4/c1-11(16)14-12(17)3-2-4-13(14)19-10-7-15-5-8-18-9-6-15/h2-4,17H,5-10H2,1H3. The lowest BCUT2D eigenvalue weighted by atomic mass is 10.1. The highest BCUT2D eigenvalue weighted by molar-refractivity contribution is 5.99. The number of ether oxygens (including phenoxy) is 2. The number of benzene rings is 1. The van der Waals surface area contributed by atoms with Crippen LogP contribution in [0, 0.1) is 0 Å². The van der Waals surface area contributed by atoms with Crippen LogP contribution in [0.15, 0.2) is 18.2 Å². The number of phenolic OH excluding ortho intramolecular Hbond substituents is 1. The lowest BCUT2D eigenvalue weighted by Gasteiger charge is -2.26. The minimum atomic E-state index is -0.195. The molecule has 1 fully saturated rings. The smallest absolute Gasteiger partial charge is 0.167 e. The van der Waals surface area contributed by atoms with Crippen LogP contribution in [0.3, 0.4) is 0 Å². The van der Waals surface area contributed by atoms with Crippen LogP contribution in [0.5, 0.6) is 11.5 Å². The number of Topliss-reactive ketones (excluding diaryl/α,β-unsaturated/α-hetero) is 1. The summed E-state index contributed by atoms with van der Waals surface area (Å²) in [5, 5.41) is 9.68. The van der Waals surface area contributed by atoms with Crippen molar-refractivity contribution in [2.24, 2.45) is 0 Å². The van der Waals surface area contributed by atoms with Crippen molar-refractivity contribution in [2.45, 2.75) is 6.92 Å². The SMILES string of the molecule is CC(=O)c1c(O)cccc1OCCN1CCOCC1. The average Bonchev–Trinajstić information content (AvgIpc) is 2.39. The van der Waals surface area contributed by atoms with Crippen molar-refractivity contribution in [3.8, 4) is 11.5 Å². The van der Waals surface area contributed by atoms with Gasteiger partial charge in [0.05, 0.1) is 13.2 Å². The van der Waals surface area contributed by atoms with Crippen molar-refractivity contribution < 1.29 is 19.4 Å². The number of hydrogen-bond donors (Lipinski definition) is 1. The predicted molar refractivity (Wildman–Crippen MR) is 70.9 cm³/mol. The van der Waals surface area contributed by atoms with Crippen LogP contribution < -0.4 is 4.74 Å². The Kier molecular flexibility index (Phi) is 4.76. The molecule has 0 amide bonds. The third kappa shape index (κ3) is 3.68. The maximum absolute atomic E-state index is 11.5. The second kappa shape index (κ2) is 6.54. The summed E-state index contributed by atoms with van der Waals surface area (Å²) in [7, 11) is 0. The van der Waals surface area contributed by atoms with Crippen LogP contribution in [0.4, 0.5) is 0 Å². The molecule has 1 saturated heterocycles. The second-order valence-electron chi connectivity index (χ2n) is 4.51. The zero-order valence-electron chi connectivity index (χ0n) is 11.1. The monoisotopic (exact) mass is 265 g/mol. The van der Waals surface area contributed by atoms with Crippen LogP contribution in [0.1, 0.15) is 17.3 Å². The van der Waals surface area contributed by atoms with Crippen molar-refractivity contribution >= 4 is 5.78 Å². The Hall–Kier alpha value is -1.59. The van der Waals surface area contributed by atoms with E-state index in [1.54, 1.807) is 12.1 Å². The molecule has 0 spiro atoms. The molecule has 0 unspecified atom stereocenters. The number of aromatic hydroxyl groups is 1.